The van der Waals surface area contributed by atoms with Crippen LogP contribution in [-0.2, 0) is 11.3 Å². The molecule has 0 aromatic heterocycles. The van der Waals surface area contributed by atoms with Gasteiger partial charge in [0.2, 0.25) is 5.91 Å². The van der Waals surface area contributed by atoms with E-state index in [1.165, 1.54) is 5.56 Å². The number of halogens is 1. The molecule has 3 aromatic rings. The molecular formula is C28H29ClN2O2. The third-order valence-corrected chi connectivity index (χ3v) is 6.36. The maximum Gasteiger partial charge on any atom is 0.248 e. The van der Waals surface area contributed by atoms with E-state index in [4.69, 9.17) is 11.6 Å². The van der Waals surface area contributed by atoms with Gasteiger partial charge in [-0.05, 0) is 84.4 Å². The molecule has 1 amide bonds. The molecule has 0 saturated carbocycles. The number of rotatable bonds is 7. The van der Waals surface area contributed by atoms with Crippen LogP contribution in [0.25, 0.3) is 17.2 Å². The van der Waals surface area contributed by atoms with Crippen LogP contribution in [0.15, 0.2) is 78.9 Å². The van der Waals surface area contributed by atoms with Crippen molar-refractivity contribution in [2.45, 2.75) is 19.4 Å². The van der Waals surface area contributed by atoms with Gasteiger partial charge in [-0.25, -0.2) is 0 Å². The normalized spacial score (nSPS) is 15.1. The van der Waals surface area contributed by atoms with Crippen molar-refractivity contribution in [1.82, 2.24) is 4.90 Å². The first-order valence-electron chi connectivity index (χ1n) is 11.4. The Hall–Kier alpha value is -2.92. The predicted molar refractivity (Wildman–Crippen MR) is 136 cm³/mol. The van der Waals surface area contributed by atoms with Crippen LogP contribution in [0.1, 0.15) is 24.0 Å². The SMILES string of the molecule is O=C(/C=C/c1ccc(CN2CCC(CO)CC2)cc1)Nc1ccc(-c2ccc(Cl)cc2)cc1. The highest BCUT2D eigenvalue weighted by molar-refractivity contribution is 6.30. The highest BCUT2D eigenvalue weighted by atomic mass is 35.5. The van der Waals surface area contributed by atoms with E-state index in [-0.39, 0.29) is 5.91 Å². The van der Waals surface area contributed by atoms with E-state index in [0.29, 0.717) is 17.5 Å². The van der Waals surface area contributed by atoms with Crippen molar-refractivity contribution in [2.75, 3.05) is 25.0 Å². The first kappa shape index (κ1) is 23.2. The second kappa shape index (κ2) is 11.3. The average Bonchev–Trinajstić information content (AvgIpc) is 2.85. The van der Waals surface area contributed by atoms with Crippen LogP contribution in [0.5, 0.6) is 0 Å². The van der Waals surface area contributed by atoms with Crippen LogP contribution >= 0.6 is 11.6 Å². The zero-order chi connectivity index (χ0) is 23.0. The lowest BCUT2D eigenvalue weighted by molar-refractivity contribution is -0.111. The molecule has 5 heteroatoms. The summed E-state index contributed by atoms with van der Waals surface area (Å²) >= 11 is 5.95. The average molecular weight is 461 g/mol. The zero-order valence-corrected chi connectivity index (χ0v) is 19.3. The second-order valence-corrected chi connectivity index (χ2v) is 8.99. The van der Waals surface area contributed by atoms with Crippen molar-refractivity contribution in [1.29, 1.82) is 0 Å². The fraction of sp³-hybridized carbons (Fsp3) is 0.250. The van der Waals surface area contributed by atoms with Gasteiger partial charge < -0.3 is 10.4 Å². The summed E-state index contributed by atoms with van der Waals surface area (Å²) in [5, 5.41) is 12.9. The summed E-state index contributed by atoms with van der Waals surface area (Å²) in [6.07, 6.45) is 5.52. The maximum atomic E-state index is 12.3. The van der Waals surface area contributed by atoms with Crippen molar-refractivity contribution in [3.05, 3.63) is 95.0 Å². The molecule has 4 rings (SSSR count). The quantitative estimate of drug-likeness (QED) is 0.434. The molecule has 0 radical (unpaired) electrons. The molecule has 2 N–H and O–H groups in total. The van der Waals surface area contributed by atoms with Crippen molar-refractivity contribution < 1.29 is 9.90 Å². The molecule has 1 heterocycles. The Kier molecular flexibility index (Phi) is 7.95. The smallest absolute Gasteiger partial charge is 0.248 e. The largest absolute Gasteiger partial charge is 0.396 e. The van der Waals surface area contributed by atoms with Crippen LogP contribution in [0.3, 0.4) is 0 Å². The van der Waals surface area contributed by atoms with E-state index in [0.717, 1.165) is 54.9 Å². The molecule has 0 spiro atoms. The lowest BCUT2D eigenvalue weighted by Crippen LogP contribution is -2.34. The van der Waals surface area contributed by atoms with E-state index >= 15 is 0 Å². The molecule has 0 unspecified atom stereocenters. The number of aliphatic hydroxyl groups excluding tert-OH is 1. The number of amides is 1. The van der Waals surface area contributed by atoms with E-state index < -0.39 is 0 Å². The molecule has 0 bridgehead atoms. The van der Waals surface area contributed by atoms with Gasteiger partial charge in [-0.1, -0.05) is 60.1 Å². The van der Waals surface area contributed by atoms with Crippen LogP contribution in [0.4, 0.5) is 5.69 Å². The fourth-order valence-corrected chi connectivity index (χ4v) is 4.19. The number of benzene rings is 3. The molecule has 0 atom stereocenters. The molecule has 1 aliphatic heterocycles. The van der Waals surface area contributed by atoms with Gasteiger partial charge in [0.15, 0.2) is 0 Å². The van der Waals surface area contributed by atoms with Crippen LogP contribution < -0.4 is 5.32 Å². The predicted octanol–water partition coefficient (Wildman–Crippen LogP) is 5.86. The Labute approximate surface area is 200 Å². The highest BCUT2D eigenvalue weighted by Crippen LogP contribution is 2.23. The van der Waals surface area contributed by atoms with Gasteiger partial charge in [0.25, 0.3) is 0 Å². The Bertz CT molecular complexity index is 1070. The molecule has 1 saturated heterocycles. The monoisotopic (exact) mass is 460 g/mol. The molecule has 170 valence electrons. The van der Waals surface area contributed by atoms with Crippen LogP contribution in [-0.4, -0.2) is 35.6 Å². The van der Waals surface area contributed by atoms with Gasteiger partial charge >= 0.3 is 0 Å². The Morgan fingerprint density at radius 3 is 2.15 bits per heavy atom. The van der Waals surface area contributed by atoms with Crippen molar-refractivity contribution >= 4 is 29.3 Å². The van der Waals surface area contributed by atoms with Crippen LogP contribution in [0.2, 0.25) is 5.02 Å². The number of hydrogen-bond acceptors (Lipinski definition) is 3. The third kappa shape index (κ3) is 6.78. The van der Waals surface area contributed by atoms with Crippen molar-refractivity contribution in [3.8, 4) is 11.1 Å². The standard InChI is InChI=1S/C28H29ClN2O2/c29-26-10-6-24(7-11-26)25-8-12-27(13-9-25)30-28(33)14-5-21-1-3-22(4-2-21)19-31-17-15-23(20-32)16-18-31/h1-14,23,32H,15-20H2,(H,30,33)/b14-5+. The highest BCUT2D eigenvalue weighted by Gasteiger charge is 2.18. The minimum atomic E-state index is -0.162. The second-order valence-electron chi connectivity index (χ2n) is 8.55. The topological polar surface area (TPSA) is 52.6 Å². The molecule has 3 aromatic carbocycles. The molecule has 33 heavy (non-hydrogen) atoms. The van der Waals surface area contributed by atoms with Gasteiger partial charge in [-0.15, -0.1) is 0 Å². The molecule has 1 fully saturated rings. The molecule has 1 aliphatic rings. The number of piperidine rings is 1. The summed E-state index contributed by atoms with van der Waals surface area (Å²) in [6.45, 7) is 3.30. The summed E-state index contributed by atoms with van der Waals surface area (Å²) in [5.74, 6) is 0.298. The number of hydrogen-bond donors (Lipinski definition) is 2. The summed E-state index contributed by atoms with van der Waals surface area (Å²) in [7, 11) is 0. The van der Waals surface area contributed by atoms with Gasteiger partial charge in [0.05, 0.1) is 0 Å². The Balaban J connectivity index is 1.27. The lowest BCUT2D eigenvalue weighted by Gasteiger charge is -2.31. The first-order valence-corrected chi connectivity index (χ1v) is 11.7. The van der Waals surface area contributed by atoms with E-state index in [9.17, 15) is 9.90 Å². The van der Waals surface area contributed by atoms with E-state index in [1.807, 2.05) is 66.7 Å². The Morgan fingerprint density at radius 1 is 0.939 bits per heavy atom. The van der Waals surface area contributed by atoms with Gasteiger partial charge in [0.1, 0.15) is 0 Å². The lowest BCUT2D eigenvalue weighted by atomic mass is 9.97. The Morgan fingerprint density at radius 2 is 1.55 bits per heavy atom. The molecular weight excluding hydrogens is 432 g/mol. The number of likely N-dealkylation sites (tertiary alicyclic amines) is 1. The number of anilines is 1. The summed E-state index contributed by atoms with van der Waals surface area (Å²) in [5.41, 5.74) is 5.15. The molecule has 4 nitrogen and oxygen atoms in total. The van der Waals surface area contributed by atoms with Crippen LogP contribution in [0, 0.1) is 5.92 Å². The van der Waals surface area contributed by atoms with Crippen molar-refractivity contribution in [3.63, 3.8) is 0 Å². The number of carbonyl (C=O) groups excluding carboxylic acids is 1. The molecule has 0 aliphatic carbocycles. The summed E-state index contributed by atoms with van der Waals surface area (Å²) < 4.78 is 0. The minimum Gasteiger partial charge on any atom is -0.396 e. The van der Waals surface area contributed by atoms with Crippen molar-refractivity contribution in [2.24, 2.45) is 5.92 Å². The third-order valence-electron chi connectivity index (χ3n) is 6.11. The summed E-state index contributed by atoms with van der Waals surface area (Å²) in [6, 6.07) is 23.8. The van der Waals surface area contributed by atoms with E-state index in [1.54, 1.807) is 6.08 Å². The maximum absolute atomic E-state index is 12.3. The first-order chi connectivity index (χ1) is 16.1. The van der Waals surface area contributed by atoms with Gasteiger partial charge in [-0.3, -0.25) is 9.69 Å². The fourth-order valence-electron chi connectivity index (χ4n) is 4.06. The van der Waals surface area contributed by atoms with E-state index in [2.05, 4.69) is 22.3 Å². The van der Waals surface area contributed by atoms with Gasteiger partial charge in [-0.2, -0.15) is 0 Å². The number of nitrogens with zero attached hydrogens (tertiary/aromatic N) is 1. The number of aliphatic hydroxyl groups is 1. The number of nitrogens with one attached hydrogen (secondary N) is 1. The zero-order valence-electron chi connectivity index (χ0n) is 18.6. The van der Waals surface area contributed by atoms with Gasteiger partial charge in [0, 0.05) is 29.9 Å². The number of carbonyl (C=O) groups is 1. The minimum absolute atomic E-state index is 0.162. The summed E-state index contributed by atoms with van der Waals surface area (Å²) in [4.78, 5) is 14.8.